The first kappa shape index (κ1) is 19.9. The Morgan fingerprint density at radius 2 is 1.62 bits per heavy atom. The summed E-state index contributed by atoms with van der Waals surface area (Å²) >= 11 is 0. The maximum Gasteiger partial charge on any atom is 0.254 e. The molecule has 0 bridgehead atoms. The van der Waals surface area contributed by atoms with Crippen LogP contribution in [0.25, 0.3) is 0 Å². The smallest absolute Gasteiger partial charge is 0.254 e. The molecule has 1 heterocycles. The molecule has 0 unspecified atom stereocenters. The first-order valence-corrected chi connectivity index (χ1v) is 9.48. The van der Waals surface area contributed by atoms with E-state index in [0.29, 0.717) is 52.0 Å². The van der Waals surface area contributed by atoms with Gasteiger partial charge in [0.05, 0.1) is 0 Å². The van der Waals surface area contributed by atoms with E-state index in [4.69, 9.17) is 0 Å². The molecule has 1 aromatic carbocycles. The second kappa shape index (κ2) is 9.94. The first-order chi connectivity index (χ1) is 12.6. The lowest BCUT2D eigenvalue weighted by Crippen LogP contribution is -2.50. The second-order valence-electron chi connectivity index (χ2n) is 6.49. The average Bonchev–Trinajstić information content (AvgIpc) is 2.67. The van der Waals surface area contributed by atoms with Crippen LogP contribution in [-0.2, 0) is 16.0 Å². The van der Waals surface area contributed by atoms with Gasteiger partial charge in [-0.1, -0.05) is 25.1 Å². The SMILES string of the molecule is CCNC(=O)CCCC(=O)N1CCN(C(=O)c2ccccc2CC)CC1. The van der Waals surface area contributed by atoms with Crippen LogP contribution in [0.2, 0.25) is 0 Å². The van der Waals surface area contributed by atoms with Crippen molar-refractivity contribution in [3.63, 3.8) is 0 Å². The number of hydrogen-bond acceptors (Lipinski definition) is 3. The minimum atomic E-state index is -0.00898. The maximum atomic E-state index is 12.7. The molecule has 3 amide bonds. The Balaban J connectivity index is 1.80. The molecule has 0 spiro atoms. The zero-order valence-electron chi connectivity index (χ0n) is 15.8. The fourth-order valence-corrected chi connectivity index (χ4v) is 3.21. The van der Waals surface area contributed by atoms with Gasteiger partial charge in [-0.05, 0) is 31.4 Å². The molecule has 1 aromatic rings. The molecule has 142 valence electrons. The Kier molecular flexibility index (Phi) is 7.63. The summed E-state index contributed by atoms with van der Waals surface area (Å²) in [4.78, 5) is 40.1. The molecular weight excluding hydrogens is 330 g/mol. The van der Waals surface area contributed by atoms with E-state index in [1.807, 2.05) is 43.0 Å². The lowest BCUT2D eigenvalue weighted by molar-refractivity contribution is -0.132. The van der Waals surface area contributed by atoms with Crippen LogP contribution in [0.15, 0.2) is 24.3 Å². The van der Waals surface area contributed by atoms with Crippen molar-refractivity contribution in [3.8, 4) is 0 Å². The zero-order chi connectivity index (χ0) is 18.9. The first-order valence-electron chi connectivity index (χ1n) is 9.48. The monoisotopic (exact) mass is 359 g/mol. The van der Waals surface area contributed by atoms with Crippen molar-refractivity contribution >= 4 is 17.7 Å². The van der Waals surface area contributed by atoms with E-state index in [1.165, 1.54) is 0 Å². The minimum Gasteiger partial charge on any atom is -0.356 e. The summed E-state index contributed by atoms with van der Waals surface area (Å²) in [7, 11) is 0. The fraction of sp³-hybridized carbons (Fsp3) is 0.550. The summed E-state index contributed by atoms with van der Waals surface area (Å²) in [6, 6.07) is 7.70. The number of hydrogen-bond donors (Lipinski definition) is 1. The summed E-state index contributed by atoms with van der Waals surface area (Å²) in [5, 5.41) is 2.73. The summed E-state index contributed by atoms with van der Waals surface area (Å²) in [6.07, 6.45) is 2.15. The van der Waals surface area contributed by atoms with Gasteiger partial charge >= 0.3 is 0 Å². The van der Waals surface area contributed by atoms with E-state index in [0.717, 1.165) is 17.5 Å². The molecule has 1 N–H and O–H groups in total. The van der Waals surface area contributed by atoms with Gasteiger partial charge in [-0.3, -0.25) is 14.4 Å². The molecule has 0 radical (unpaired) electrons. The maximum absolute atomic E-state index is 12.7. The molecule has 6 nitrogen and oxygen atoms in total. The summed E-state index contributed by atoms with van der Waals surface area (Å²) < 4.78 is 0. The molecule has 0 aromatic heterocycles. The van der Waals surface area contributed by atoms with Crippen LogP contribution in [0, 0.1) is 0 Å². The van der Waals surface area contributed by atoms with Gasteiger partial charge in [-0.25, -0.2) is 0 Å². The topological polar surface area (TPSA) is 69.7 Å². The molecule has 0 aliphatic carbocycles. The quantitative estimate of drug-likeness (QED) is 0.808. The van der Waals surface area contributed by atoms with E-state index in [2.05, 4.69) is 5.32 Å². The number of amides is 3. The lowest BCUT2D eigenvalue weighted by Gasteiger charge is -2.35. The van der Waals surface area contributed by atoms with Gasteiger partial charge in [-0.15, -0.1) is 0 Å². The fourth-order valence-electron chi connectivity index (χ4n) is 3.21. The number of carbonyl (C=O) groups is 3. The number of nitrogens with zero attached hydrogens (tertiary/aromatic N) is 2. The number of nitrogens with one attached hydrogen (secondary N) is 1. The van der Waals surface area contributed by atoms with Gasteiger partial charge in [0.25, 0.3) is 5.91 Å². The van der Waals surface area contributed by atoms with Crippen molar-refractivity contribution in [3.05, 3.63) is 35.4 Å². The molecular formula is C20H29N3O3. The third-order valence-corrected chi connectivity index (χ3v) is 4.72. The van der Waals surface area contributed by atoms with Gasteiger partial charge in [0, 0.05) is 51.1 Å². The molecule has 1 saturated heterocycles. The van der Waals surface area contributed by atoms with Gasteiger partial charge < -0.3 is 15.1 Å². The van der Waals surface area contributed by atoms with Crippen molar-refractivity contribution in [2.45, 2.75) is 39.5 Å². The Hall–Kier alpha value is -2.37. The largest absolute Gasteiger partial charge is 0.356 e. The van der Waals surface area contributed by atoms with E-state index in [1.54, 1.807) is 4.90 Å². The highest BCUT2D eigenvalue weighted by Crippen LogP contribution is 2.15. The van der Waals surface area contributed by atoms with Crippen LogP contribution >= 0.6 is 0 Å². The van der Waals surface area contributed by atoms with Gasteiger partial charge in [0.1, 0.15) is 0 Å². The molecule has 1 aliphatic rings. The third kappa shape index (κ3) is 5.31. The standard InChI is InChI=1S/C20H29N3O3/c1-3-16-8-5-6-9-17(16)20(26)23-14-12-22(13-15-23)19(25)11-7-10-18(24)21-4-2/h5-6,8-9H,3-4,7,10-15H2,1-2H3,(H,21,24). The van der Waals surface area contributed by atoms with Gasteiger partial charge in [0.2, 0.25) is 11.8 Å². The molecule has 0 atom stereocenters. The van der Waals surface area contributed by atoms with E-state index in [-0.39, 0.29) is 17.7 Å². The third-order valence-electron chi connectivity index (χ3n) is 4.72. The van der Waals surface area contributed by atoms with Crippen LogP contribution < -0.4 is 5.32 Å². The normalized spacial score (nSPS) is 14.2. The van der Waals surface area contributed by atoms with E-state index < -0.39 is 0 Å². The highest BCUT2D eigenvalue weighted by Gasteiger charge is 2.25. The number of aryl methyl sites for hydroxylation is 1. The Labute approximate surface area is 155 Å². The molecule has 0 saturated carbocycles. The number of carbonyl (C=O) groups excluding carboxylic acids is 3. The van der Waals surface area contributed by atoms with E-state index in [9.17, 15) is 14.4 Å². The lowest BCUT2D eigenvalue weighted by atomic mass is 10.0. The predicted octanol–water partition coefficient (Wildman–Crippen LogP) is 1.84. The highest BCUT2D eigenvalue weighted by atomic mass is 16.2. The highest BCUT2D eigenvalue weighted by molar-refractivity contribution is 5.96. The van der Waals surface area contributed by atoms with Crippen LogP contribution in [0.5, 0.6) is 0 Å². The summed E-state index contributed by atoms with van der Waals surface area (Å²) in [5.41, 5.74) is 1.82. The van der Waals surface area contributed by atoms with Gasteiger partial charge in [0.15, 0.2) is 0 Å². The van der Waals surface area contributed by atoms with Crippen molar-refractivity contribution < 1.29 is 14.4 Å². The average molecular weight is 359 g/mol. The number of piperazine rings is 1. The number of rotatable bonds is 7. The van der Waals surface area contributed by atoms with Crippen molar-refractivity contribution in [1.29, 1.82) is 0 Å². The Bertz CT molecular complexity index is 637. The molecule has 1 fully saturated rings. The van der Waals surface area contributed by atoms with Crippen LogP contribution in [-0.4, -0.2) is 60.2 Å². The van der Waals surface area contributed by atoms with Crippen LogP contribution in [0.1, 0.15) is 49.0 Å². The molecule has 6 heteroatoms. The second-order valence-corrected chi connectivity index (χ2v) is 6.49. The minimum absolute atomic E-state index is 0.00898. The Morgan fingerprint density at radius 3 is 2.27 bits per heavy atom. The van der Waals surface area contributed by atoms with E-state index >= 15 is 0 Å². The van der Waals surface area contributed by atoms with Crippen molar-refractivity contribution in [2.75, 3.05) is 32.7 Å². The van der Waals surface area contributed by atoms with Crippen molar-refractivity contribution in [2.24, 2.45) is 0 Å². The van der Waals surface area contributed by atoms with Crippen LogP contribution in [0.3, 0.4) is 0 Å². The summed E-state index contributed by atoms with van der Waals surface area (Å²) in [5.74, 6) is 0.103. The zero-order valence-corrected chi connectivity index (χ0v) is 15.8. The number of benzene rings is 1. The van der Waals surface area contributed by atoms with Crippen molar-refractivity contribution in [1.82, 2.24) is 15.1 Å². The molecule has 26 heavy (non-hydrogen) atoms. The van der Waals surface area contributed by atoms with Crippen LogP contribution in [0.4, 0.5) is 0 Å². The molecule has 2 rings (SSSR count). The Morgan fingerprint density at radius 1 is 0.962 bits per heavy atom. The predicted molar refractivity (Wildman–Crippen MR) is 101 cm³/mol. The molecule has 1 aliphatic heterocycles. The van der Waals surface area contributed by atoms with Gasteiger partial charge in [-0.2, -0.15) is 0 Å². The summed E-state index contributed by atoms with van der Waals surface area (Å²) in [6.45, 7) is 6.76.